The summed E-state index contributed by atoms with van der Waals surface area (Å²) in [5, 5.41) is 20.9. The van der Waals surface area contributed by atoms with Gasteiger partial charge in [-0.1, -0.05) is 6.92 Å². The summed E-state index contributed by atoms with van der Waals surface area (Å²) >= 11 is 1.71. The van der Waals surface area contributed by atoms with E-state index in [1.54, 1.807) is 11.8 Å². The van der Waals surface area contributed by atoms with Crippen LogP contribution in [-0.4, -0.2) is 47.5 Å². The molecule has 0 aliphatic rings. The van der Waals surface area contributed by atoms with Gasteiger partial charge in [0, 0.05) is 11.8 Å². The molecule has 0 saturated heterocycles. The molecule has 3 N–H and O–H groups in total. The highest BCUT2D eigenvalue weighted by Crippen LogP contribution is 2.09. The van der Waals surface area contributed by atoms with Gasteiger partial charge in [-0.2, -0.15) is 11.8 Å². The fourth-order valence-electron chi connectivity index (χ4n) is 1.26. The third-order valence-corrected chi connectivity index (χ3v) is 3.46. The number of nitrogens with one attached hydrogen (secondary N) is 1. The molecule has 14 heavy (non-hydrogen) atoms. The van der Waals surface area contributed by atoms with E-state index >= 15 is 0 Å². The molecule has 0 spiro atoms. The van der Waals surface area contributed by atoms with Crippen LogP contribution in [0.25, 0.3) is 0 Å². The third-order valence-electron chi connectivity index (χ3n) is 2.26. The lowest BCUT2D eigenvalue weighted by Gasteiger charge is -2.13. The zero-order chi connectivity index (χ0) is 10.8. The Morgan fingerprint density at radius 3 is 2.64 bits per heavy atom. The van der Waals surface area contributed by atoms with Gasteiger partial charge in [0.25, 0.3) is 0 Å². The highest BCUT2D eigenvalue weighted by Gasteiger charge is 2.04. The third kappa shape index (κ3) is 7.62. The molecule has 0 heterocycles. The number of rotatable bonds is 9. The maximum Gasteiger partial charge on any atom is 0.0861 e. The van der Waals surface area contributed by atoms with E-state index in [2.05, 4.69) is 12.2 Å². The monoisotopic (exact) mass is 221 g/mol. The maximum atomic E-state index is 9.08. The summed E-state index contributed by atoms with van der Waals surface area (Å²) in [7, 11) is 2.00. The molecule has 0 aromatic heterocycles. The molecule has 86 valence electrons. The van der Waals surface area contributed by atoms with E-state index in [1.807, 2.05) is 7.05 Å². The van der Waals surface area contributed by atoms with Crippen molar-refractivity contribution in [1.29, 1.82) is 0 Å². The van der Waals surface area contributed by atoms with Gasteiger partial charge in [-0.25, -0.2) is 0 Å². The lowest BCUT2D eigenvalue weighted by atomic mass is 10.1. The fraction of sp³-hybridized carbons (Fsp3) is 1.00. The second-order valence-electron chi connectivity index (χ2n) is 3.45. The molecule has 0 fully saturated rings. The number of aliphatic hydroxyl groups excluding tert-OH is 2. The first-order valence-electron chi connectivity index (χ1n) is 5.28. The number of thioether (sulfide) groups is 1. The van der Waals surface area contributed by atoms with Gasteiger partial charge >= 0.3 is 0 Å². The highest BCUT2D eigenvalue weighted by atomic mass is 32.2. The zero-order valence-corrected chi connectivity index (χ0v) is 10.0. The van der Waals surface area contributed by atoms with Crippen molar-refractivity contribution >= 4 is 11.8 Å². The van der Waals surface area contributed by atoms with E-state index in [1.165, 1.54) is 19.3 Å². The Morgan fingerprint density at radius 1 is 1.43 bits per heavy atom. The normalized spacial score (nSPS) is 15.4. The van der Waals surface area contributed by atoms with E-state index in [0.717, 1.165) is 5.75 Å². The Hall–Kier alpha value is 0.230. The first-order chi connectivity index (χ1) is 6.74. The molecule has 0 amide bonds. The second kappa shape index (κ2) is 9.77. The van der Waals surface area contributed by atoms with Crippen LogP contribution in [0.15, 0.2) is 0 Å². The fourth-order valence-corrected chi connectivity index (χ4v) is 2.17. The van der Waals surface area contributed by atoms with Crippen molar-refractivity contribution in [1.82, 2.24) is 5.32 Å². The van der Waals surface area contributed by atoms with Crippen LogP contribution in [-0.2, 0) is 0 Å². The smallest absolute Gasteiger partial charge is 0.0861 e. The Morgan fingerprint density at radius 2 is 2.14 bits per heavy atom. The van der Waals surface area contributed by atoms with E-state index < -0.39 is 6.10 Å². The summed E-state index contributed by atoms with van der Waals surface area (Å²) in [6.07, 6.45) is 2.98. The number of aliphatic hydroxyl groups is 2. The van der Waals surface area contributed by atoms with Gasteiger partial charge in [0.2, 0.25) is 0 Å². The van der Waals surface area contributed by atoms with E-state index in [0.29, 0.717) is 11.8 Å². The van der Waals surface area contributed by atoms with E-state index in [-0.39, 0.29) is 6.61 Å². The van der Waals surface area contributed by atoms with Crippen LogP contribution in [0, 0.1) is 0 Å². The molecule has 0 rings (SSSR count). The van der Waals surface area contributed by atoms with Gasteiger partial charge in [0.05, 0.1) is 12.7 Å². The largest absolute Gasteiger partial charge is 0.394 e. The minimum absolute atomic E-state index is 0.124. The zero-order valence-electron chi connectivity index (χ0n) is 9.20. The van der Waals surface area contributed by atoms with Gasteiger partial charge in [-0.15, -0.1) is 0 Å². The van der Waals surface area contributed by atoms with Crippen LogP contribution in [0.2, 0.25) is 0 Å². The van der Waals surface area contributed by atoms with Gasteiger partial charge in [-0.3, -0.25) is 0 Å². The molecule has 2 atom stereocenters. The van der Waals surface area contributed by atoms with Crippen LogP contribution >= 0.6 is 11.8 Å². The maximum absolute atomic E-state index is 9.08. The van der Waals surface area contributed by atoms with Crippen LogP contribution < -0.4 is 5.32 Å². The van der Waals surface area contributed by atoms with Crippen molar-refractivity contribution in [2.45, 2.75) is 38.3 Å². The predicted octanol–water partition coefficient (Wildman–Crippen LogP) is 0.851. The summed E-state index contributed by atoms with van der Waals surface area (Å²) in [4.78, 5) is 0. The number of hydrogen-bond donors (Lipinski definition) is 3. The molecule has 0 bridgehead atoms. The summed E-state index contributed by atoms with van der Waals surface area (Å²) in [5.74, 6) is 1.71. The van der Waals surface area contributed by atoms with Crippen LogP contribution in [0.4, 0.5) is 0 Å². The van der Waals surface area contributed by atoms with Gasteiger partial charge in [0.15, 0.2) is 0 Å². The van der Waals surface area contributed by atoms with Gasteiger partial charge in [0.1, 0.15) is 0 Å². The van der Waals surface area contributed by atoms with Crippen LogP contribution in [0.5, 0.6) is 0 Å². The second-order valence-corrected chi connectivity index (χ2v) is 4.60. The molecule has 0 radical (unpaired) electrons. The average Bonchev–Trinajstić information content (AvgIpc) is 2.23. The average molecular weight is 221 g/mol. The van der Waals surface area contributed by atoms with E-state index in [9.17, 15) is 0 Å². The summed E-state index contributed by atoms with van der Waals surface area (Å²) in [5.41, 5.74) is 0. The van der Waals surface area contributed by atoms with E-state index in [4.69, 9.17) is 10.2 Å². The molecular weight excluding hydrogens is 198 g/mol. The van der Waals surface area contributed by atoms with Gasteiger partial charge < -0.3 is 15.5 Å². The topological polar surface area (TPSA) is 52.5 Å². The van der Waals surface area contributed by atoms with Crippen molar-refractivity contribution in [2.75, 3.05) is 25.2 Å². The quantitative estimate of drug-likeness (QED) is 0.505. The molecular formula is C10H23NO2S. The predicted molar refractivity (Wildman–Crippen MR) is 62.8 cm³/mol. The molecule has 0 aromatic carbocycles. The van der Waals surface area contributed by atoms with Crippen molar-refractivity contribution < 1.29 is 10.2 Å². The molecule has 3 nitrogen and oxygen atoms in total. The minimum atomic E-state index is -0.550. The highest BCUT2D eigenvalue weighted by molar-refractivity contribution is 7.99. The summed E-state index contributed by atoms with van der Waals surface area (Å²) in [6.45, 7) is 2.06. The van der Waals surface area contributed by atoms with Crippen molar-refractivity contribution in [3.63, 3.8) is 0 Å². The Balaban J connectivity index is 3.20. The van der Waals surface area contributed by atoms with Crippen molar-refractivity contribution in [2.24, 2.45) is 0 Å². The Labute approximate surface area is 91.3 Å². The van der Waals surface area contributed by atoms with Crippen molar-refractivity contribution in [3.05, 3.63) is 0 Å². The first kappa shape index (κ1) is 14.2. The lowest BCUT2D eigenvalue weighted by Crippen LogP contribution is -2.24. The first-order valence-corrected chi connectivity index (χ1v) is 6.44. The molecule has 2 unspecified atom stereocenters. The van der Waals surface area contributed by atoms with Crippen LogP contribution in [0.3, 0.4) is 0 Å². The SMILES string of the molecule is CCC(CCCSCC(O)CO)NC. The minimum Gasteiger partial charge on any atom is -0.394 e. The summed E-state index contributed by atoms with van der Waals surface area (Å²) in [6, 6.07) is 0.623. The molecule has 0 aliphatic carbocycles. The Bertz CT molecular complexity index is 121. The standard InChI is InChI=1S/C10H23NO2S/c1-3-9(11-2)5-4-6-14-8-10(13)7-12/h9-13H,3-8H2,1-2H3. The molecule has 0 aliphatic heterocycles. The lowest BCUT2D eigenvalue weighted by molar-refractivity contribution is 0.113. The molecule has 4 heteroatoms. The van der Waals surface area contributed by atoms with Gasteiger partial charge in [-0.05, 0) is 32.1 Å². The summed E-state index contributed by atoms with van der Waals surface area (Å²) < 4.78 is 0. The molecule has 0 saturated carbocycles. The number of hydrogen-bond acceptors (Lipinski definition) is 4. The van der Waals surface area contributed by atoms with Crippen LogP contribution in [0.1, 0.15) is 26.2 Å². The molecule has 0 aromatic rings. The van der Waals surface area contributed by atoms with Crippen molar-refractivity contribution in [3.8, 4) is 0 Å². The Kier molecular flexibility index (Phi) is 9.93.